The van der Waals surface area contributed by atoms with E-state index in [0.29, 0.717) is 37.8 Å². The predicted molar refractivity (Wildman–Crippen MR) is 113 cm³/mol. The largest absolute Gasteiger partial charge is 0.494 e. The fraction of sp³-hybridized carbons (Fsp3) is 0.409. The number of rotatable bonds is 15. The number of carbonyl (C=O) groups excluding carboxylic acids is 1. The van der Waals surface area contributed by atoms with Gasteiger partial charge in [0.25, 0.3) is 5.91 Å². The van der Waals surface area contributed by atoms with Gasteiger partial charge in [0.05, 0.1) is 13.2 Å². The lowest BCUT2D eigenvalue weighted by Crippen LogP contribution is -2.35. The molecule has 1 atom stereocenters. The monoisotopic (exact) mass is 418 g/mol. The Morgan fingerprint density at radius 1 is 0.900 bits per heavy atom. The lowest BCUT2D eigenvalue weighted by molar-refractivity contribution is -0.123. The molecular weight excluding hydrogens is 388 g/mol. The van der Waals surface area contributed by atoms with Crippen LogP contribution in [0, 0.1) is 0 Å². The van der Waals surface area contributed by atoms with Crippen molar-refractivity contribution in [1.82, 2.24) is 10.6 Å². The number of ether oxygens (including phenoxy) is 4. The summed E-state index contributed by atoms with van der Waals surface area (Å²) in [6.07, 6.45) is -0.0229. The number of benzene rings is 2. The van der Waals surface area contributed by atoms with Crippen molar-refractivity contribution in [1.29, 1.82) is 0 Å². The Hall–Kier alpha value is -2.81. The highest BCUT2D eigenvalue weighted by Gasteiger charge is 2.06. The van der Waals surface area contributed by atoms with E-state index in [-0.39, 0.29) is 19.1 Å². The van der Waals surface area contributed by atoms with Gasteiger partial charge >= 0.3 is 0 Å². The maximum absolute atomic E-state index is 11.6. The molecule has 0 aliphatic carbocycles. The van der Waals surface area contributed by atoms with Gasteiger partial charge in [-0.1, -0.05) is 18.2 Å². The number of aliphatic hydroxyl groups excluding tert-OH is 1. The Labute approximate surface area is 177 Å². The van der Waals surface area contributed by atoms with Crippen LogP contribution >= 0.6 is 0 Å². The molecule has 0 heterocycles. The zero-order valence-corrected chi connectivity index (χ0v) is 17.2. The van der Waals surface area contributed by atoms with E-state index < -0.39 is 6.23 Å². The fourth-order valence-corrected chi connectivity index (χ4v) is 2.41. The van der Waals surface area contributed by atoms with Crippen LogP contribution in [0.1, 0.15) is 6.42 Å². The number of methoxy groups -OCH3 is 1. The van der Waals surface area contributed by atoms with Crippen LogP contribution in [0.3, 0.4) is 0 Å². The van der Waals surface area contributed by atoms with E-state index in [1.165, 1.54) is 0 Å². The molecule has 0 aromatic heterocycles. The van der Waals surface area contributed by atoms with Gasteiger partial charge in [-0.3, -0.25) is 10.1 Å². The van der Waals surface area contributed by atoms with Crippen LogP contribution in [0.15, 0.2) is 54.6 Å². The Balaban J connectivity index is 1.55. The highest BCUT2D eigenvalue weighted by molar-refractivity contribution is 5.77. The molecule has 0 saturated carbocycles. The first-order chi connectivity index (χ1) is 14.7. The van der Waals surface area contributed by atoms with Crippen LogP contribution < -0.4 is 24.8 Å². The molecule has 2 aromatic carbocycles. The second-order valence-corrected chi connectivity index (χ2v) is 6.40. The summed E-state index contributed by atoms with van der Waals surface area (Å²) in [7, 11) is 1.57. The number of carbonyl (C=O) groups is 1. The minimum atomic E-state index is -0.784. The number of nitrogens with one attached hydrogen (secondary N) is 2. The van der Waals surface area contributed by atoms with Gasteiger partial charge in [-0.25, -0.2) is 0 Å². The molecule has 8 heteroatoms. The van der Waals surface area contributed by atoms with E-state index in [4.69, 9.17) is 18.9 Å². The second-order valence-electron chi connectivity index (χ2n) is 6.40. The van der Waals surface area contributed by atoms with Crippen molar-refractivity contribution in [2.75, 3.05) is 46.6 Å². The van der Waals surface area contributed by atoms with Crippen LogP contribution in [0.5, 0.6) is 17.2 Å². The first-order valence-corrected chi connectivity index (χ1v) is 9.88. The van der Waals surface area contributed by atoms with Gasteiger partial charge in [0, 0.05) is 20.2 Å². The number of para-hydroxylation sites is 1. The highest BCUT2D eigenvalue weighted by Crippen LogP contribution is 2.17. The molecule has 0 bridgehead atoms. The van der Waals surface area contributed by atoms with Crippen molar-refractivity contribution in [3.8, 4) is 17.2 Å². The number of amides is 1. The second kappa shape index (κ2) is 14.2. The summed E-state index contributed by atoms with van der Waals surface area (Å²) < 4.78 is 21.4. The fourth-order valence-electron chi connectivity index (χ4n) is 2.41. The standard InChI is InChI=1S/C22H30N2O6/c1-27-15-13-24-22(26)17-30-20-10-8-19(9-11-20)29-16-21(25)23-12-5-14-28-18-6-3-2-4-7-18/h2-4,6-11,21,23,25H,5,12-17H2,1H3,(H,24,26). The maximum Gasteiger partial charge on any atom is 0.258 e. The van der Waals surface area contributed by atoms with Gasteiger partial charge in [0.2, 0.25) is 0 Å². The molecule has 2 rings (SSSR count). The first kappa shape index (κ1) is 23.5. The zero-order valence-electron chi connectivity index (χ0n) is 17.2. The van der Waals surface area contributed by atoms with Gasteiger partial charge in [-0.15, -0.1) is 0 Å². The van der Waals surface area contributed by atoms with Gasteiger partial charge < -0.3 is 29.4 Å². The minimum Gasteiger partial charge on any atom is -0.494 e. The first-order valence-electron chi connectivity index (χ1n) is 9.88. The Kier molecular flexibility index (Phi) is 11.1. The molecule has 0 aliphatic heterocycles. The van der Waals surface area contributed by atoms with Crippen molar-refractivity contribution in [3.63, 3.8) is 0 Å². The molecule has 1 amide bonds. The summed E-state index contributed by atoms with van der Waals surface area (Å²) in [6, 6.07) is 16.5. The third-order valence-electron chi connectivity index (χ3n) is 3.94. The third kappa shape index (κ3) is 10.1. The molecule has 0 radical (unpaired) electrons. The quantitative estimate of drug-likeness (QED) is 0.298. The average molecular weight is 418 g/mol. The van der Waals surface area contributed by atoms with E-state index in [2.05, 4.69) is 10.6 Å². The van der Waals surface area contributed by atoms with Gasteiger partial charge in [-0.2, -0.15) is 0 Å². The molecule has 0 spiro atoms. The van der Waals surface area contributed by atoms with Gasteiger partial charge in [0.15, 0.2) is 6.61 Å². The Bertz CT molecular complexity index is 711. The predicted octanol–water partition coefficient (Wildman–Crippen LogP) is 1.58. The summed E-state index contributed by atoms with van der Waals surface area (Å²) in [5.41, 5.74) is 0. The molecule has 164 valence electrons. The van der Waals surface area contributed by atoms with Crippen LogP contribution in [-0.2, 0) is 9.53 Å². The SMILES string of the molecule is COCCNC(=O)COc1ccc(OCC(O)NCCCOc2ccccc2)cc1. The van der Waals surface area contributed by atoms with Crippen LogP contribution in [0.25, 0.3) is 0 Å². The van der Waals surface area contributed by atoms with E-state index in [1.54, 1.807) is 31.4 Å². The van der Waals surface area contributed by atoms with E-state index in [9.17, 15) is 9.90 Å². The van der Waals surface area contributed by atoms with Crippen molar-refractivity contribution in [2.24, 2.45) is 0 Å². The average Bonchev–Trinajstić information content (AvgIpc) is 2.77. The number of aliphatic hydroxyl groups is 1. The van der Waals surface area contributed by atoms with Crippen molar-refractivity contribution in [3.05, 3.63) is 54.6 Å². The lowest BCUT2D eigenvalue weighted by Gasteiger charge is -2.14. The minimum absolute atomic E-state index is 0.0689. The van der Waals surface area contributed by atoms with E-state index in [0.717, 1.165) is 12.2 Å². The summed E-state index contributed by atoms with van der Waals surface area (Å²) in [5, 5.41) is 15.6. The highest BCUT2D eigenvalue weighted by atomic mass is 16.5. The van der Waals surface area contributed by atoms with E-state index >= 15 is 0 Å². The Morgan fingerprint density at radius 2 is 1.57 bits per heavy atom. The number of hydrogen-bond acceptors (Lipinski definition) is 7. The summed E-state index contributed by atoms with van der Waals surface area (Å²) >= 11 is 0. The molecule has 0 fully saturated rings. The molecule has 2 aromatic rings. The van der Waals surface area contributed by atoms with Crippen molar-refractivity contribution >= 4 is 5.91 Å². The topological polar surface area (TPSA) is 98.3 Å². The van der Waals surface area contributed by atoms with Crippen LogP contribution in [0.4, 0.5) is 0 Å². The van der Waals surface area contributed by atoms with Crippen LogP contribution in [0.2, 0.25) is 0 Å². The smallest absolute Gasteiger partial charge is 0.258 e. The summed E-state index contributed by atoms with van der Waals surface area (Å²) in [6.45, 7) is 2.12. The summed E-state index contributed by atoms with van der Waals surface area (Å²) in [5.74, 6) is 1.78. The molecule has 30 heavy (non-hydrogen) atoms. The van der Waals surface area contributed by atoms with Crippen molar-refractivity contribution in [2.45, 2.75) is 12.6 Å². The van der Waals surface area contributed by atoms with Gasteiger partial charge in [-0.05, 0) is 42.8 Å². The van der Waals surface area contributed by atoms with Crippen molar-refractivity contribution < 1.29 is 28.8 Å². The Morgan fingerprint density at radius 3 is 2.27 bits per heavy atom. The molecule has 8 nitrogen and oxygen atoms in total. The third-order valence-corrected chi connectivity index (χ3v) is 3.94. The normalized spacial score (nSPS) is 11.5. The lowest BCUT2D eigenvalue weighted by atomic mass is 10.3. The van der Waals surface area contributed by atoms with Crippen LogP contribution in [-0.4, -0.2) is 63.9 Å². The molecule has 0 aliphatic rings. The summed E-state index contributed by atoms with van der Waals surface area (Å²) in [4.78, 5) is 11.6. The van der Waals surface area contributed by atoms with E-state index in [1.807, 2.05) is 30.3 Å². The molecule has 1 unspecified atom stereocenters. The number of hydrogen-bond donors (Lipinski definition) is 3. The molecular formula is C22H30N2O6. The zero-order chi connectivity index (χ0) is 21.4. The maximum atomic E-state index is 11.6. The molecule has 3 N–H and O–H groups in total. The molecule has 0 saturated heterocycles. The van der Waals surface area contributed by atoms with Gasteiger partial charge in [0.1, 0.15) is 30.1 Å².